The second-order valence-electron chi connectivity index (χ2n) is 7.99. The molecule has 4 aromatic carbocycles. The Morgan fingerprint density at radius 3 is 0.767 bits per heavy atom. The second kappa shape index (κ2) is 16.9. The summed E-state index contributed by atoms with van der Waals surface area (Å²) >= 11 is 12.4. The van der Waals surface area contributed by atoms with Crippen molar-refractivity contribution in [3.8, 4) is 0 Å². The fourth-order valence-corrected chi connectivity index (χ4v) is 6.36. The number of thiazole rings is 4. The summed E-state index contributed by atoms with van der Waals surface area (Å²) in [6, 6.07) is 31.2. The maximum atomic E-state index is 7.23. The normalized spacial score (nSPS) is 10.2. The summed E-state index contributed by atoms with van der Waals surface area (Å²) in [5, 5.41) is 1.56. The van der Waals surface area contributed by atoms with E-state index in [0.29, 0.717) is 33.7 Å². The Balaban J connectivity index is 0.000000127. The van der Waals surface area contributed by atoms with Gasteiger partial charge >= 0.3 is 40.5 Å². The van der Waals surface area contributed by atoms with Gasteiger partial charge in [0.2, 0.25) is 0 Å². The minimum atomic E-state index is 0.390. The standard InChI is InChI=1S/4C7H5N2S.2BrH.Rh/c4*8-7-9-5-3-1-2-4-6(5)10-7;;;/h4*1-4H,(H-,8,9);2*1H;/q4*-1;;;+2/p-2. The molecule has 0 atom stereocenters. The van der Waals surface area contributed by atoms with Crippen molar-refractivity contribution in [2.45, 2.75) is 0 Å². The molecular weight excluding hydrogens is 839 g/mol. The monoisotopic (exact) mass is 857 g/mol. The van der Waals surface area contributed by atoms with Gasteiger partial charge < -0.3 is 42.9 Å². The molecule has 0 aliphatic rings. The van der Waals surface area contributed by atoms with Crippen LogP contribution in [-0.4, -0.2) is 19.9 Å². The van der Waals surface area contributed by atoms with Crippen molar-refractivity contribution in [1.29, 1.82) is 0 Å². The first-order chi connectivity index (χ1) is 20.9. The molecule has 0 bridgehead atoms. The van der Waals surface area contributed by atoms with E-state index in [-0.39, 0.29) is 0 Å². The molecule has 15 heteroatoms. The predicted molar refractivity (Wildman–Crippen MR) is 192 cm³/mol. The molecule has 0 aliphatic carbocycles. The van der Waals surface area contributed by atoms with Gasteiger partial charge in [0.1, 0.15) is 0 Å². The number of hydrogen-bond acceptors (Lipinski definition) is 8. The first-order valence-corrected chi connectivity index (χ1v) is 22.7. The Bertz CT molecular complexity index is 1600. The third-order valence-electron chi connectivity index (χ3n) is 5.18. The summed E-state index contributed by atoms with van der Waals surface area (Å²) < 4.78 is 4.36. The number of rotatable bonds is 0. The molecule has 0 spiro atoms. The van der Waals surface area contributed by atoms with Gasteiger partial charge in [-0.15, -0.1) is 45.3 Å². The van der Waals surface area contributed by atoms with Crippen LogP contribution in [0.4, 0.5) is 20.5 Å². The smallest absolute Gasteiger partial charge is 0.0300 e. The number of nitrogens with one attached hydrogen (secondary N) is 4. The summed E-state index contributed by atoms with van der Waals surface area (Å²) in [5.74, 6) is 0. The van der Waals surface area contributed by atoms with Crippen LogP contribution in [0.3, 0.4) is 0 Å². The zero-order chi connectivity index (χ0) is 30.6. The molecule has 43 heavy (non-hydrogen) atoms. The Morgan fingerprint density at radius 1 is 0.395 bits per heavy atom. The van der Waals surface area contributed by atoms with Crippen LogP contribution in [0.5, 0.6) is 0 Å². The van der Waals surface area contributed by atoms with Crippen molar-refractivity contribution < 1.29 is 13.2 Å². The summed E-state index contributed by atoms with van der Waals surface area (Å²) in [5.41, 5.74) is 32.6. The molecule has 4 N–H and O–H groups in total. The molecule has 0 amide bonds. The van der Waals surface area contributed by atoms with E-state index in [1.54, 1.807) is 0 Å². The van der Waals surface area contributed by atoms with E-state index in [2.05, 4.69) is 47.2 Å². The molecule has 8 nitrogen and oxygen atoms in total. The van der Waals surface area contributed by atoms with E-state index in [0.717, 1.165) is 40.9 Å². The molecule has 0 saturated heterocycles. The average molecular weight is 860 g/mol. The first kappa shape index (κ1) is 33.1. The zero-order valence-electron chi connectivity index (χ0n) is 21.7. The van der Waals surface area contributed by atoms with E-state index in [4.69, 9.17) is 22.9 Å². The maximum absolute atomic E-state index is 7.23. The molecule has 223 valence electrons. The number of para-hydroxylation sites is 4. The maximum Gasteiger partial charge on any atom is 0.0300 e. The van der Waals surface area contributed by atoms with Crippen LogP contribution in [0, 0.1) is 0 Å². The second-order valence-corrected chi connectivity index (χ2v) is 19.7. The third kappa shape index (κ3) is 10.1. The van der Waals surface area contributed by atoms with Crippen molar-refractivity contribution in [1.82, 2.24) is 19.9 Å². The molecule has 0 saturated carbocycles. The van der Waals surface area contributed by atoms with Crippen molar-refractivity contribution in [2.75, 3.05) is 0 Å². The Hall–Kier alpha value is -2.78. The quantitative estimate of drug-likeness (QED) is 0.140. The van der Waals surface area contributed by atoms with E-state index in [1.165, 1.54) is 45.3 Å². The number of nitrogens with zero attached hydrogens (tertiary/aromatic N) is 4. The SMILES string of the molecule is [Br][Rh][Br].[NH-]c1nc2ccccc2s1.[NH-]c1nc2ccccc2s1.[NH-]c1nc2ccccc2s1.[NH-]c1nc2ccccc2s1. The fraction of sp³-hybridized carbons (Fsp3) is 0. The molecule has 0 radical (unpaired) electrons. The van der Waals surface area contributed by atoms with Gasteiger partial charge in [0.25, 0.3) is 0 Å². The minimum Gasteiger partial charge on any atom is -0.473 e. The van der Waals surface area contributed by atoms with Crippen LogP contribution >= 0.6 is 72.6 Å². The van der Waals surface area contributed by atoms with Gasteiger partial charge in [0.05, 0.1) is 0 Å². The van der Waals surface area contributed by atoms with Crippen LogP contribution in [0.2, 0.25) is 0 Å². The average Bonchev–Trinajstić information content (AvgIpc) is 3.76. The van der Waals surface area contributed by atoms with E-state index < -0.39 is 0 Å². The van der Waals surface area contributed by atoms with Gasteiger partial charge in [0.15, 0.2) is 0 Å². The molecule has 0 aliphatic heterocycles. The van der Waals surface area contributed by atoms with Gasteiger partial charge in [0, 0.05) is 18.8 Å². The van der Waals surface area contributed by atoms with Crippen LogP contribution < -0.4 is 0 Å². The largest absolute Gasteiger partial charge is 0.473 e. The van der Waals surface area contributed by atoms with Crippen molar-refractivity contribution in [3.05, 3.63) is 120 Å². The Morgan fingerprint density at radius 2 is 0.581 bits per heavy atom. The first-order valence-electron chi connectivity index (χ1n) is 12.0. The van der Waals surface area contributed by atoms with E-state index in [1.807, 2.05) is 97.1 Å². The van der Waals surface area contributed by atoms with Crippen LogP contribution in [0.15, 0.2) is 97.1 Å². The zero-order valence-corrected chi connectivity index (χ0v) is 29.8. The molecule has 8 rings (SSSR count). The number of hydrogen-bond donors (Lipinski definition) is 0. The van der Waals surface area contributed by atoms with Crippen molar-refractivity contribution >= 4 is 134 Å². The molecule has 0 unspecified atom stereocenters. The van der Waals surface area contributed by atoms with Crippen LogP contribution in [0.25, 0.3) is 63.8 Å². The molecular formula is C28H20Br2N8RhS4-4. The minimum absolute atomic E-state index is 0.390. The molecule has 4 aromatic heterocycles. The summed E-state index contributed by atoms with van der Waals surface area (Å²) in [6.07, 6.45) is 0. The van der Waals surface area contributed by atoms with Crippen molar-refractivity contribution in [2.24, 2.45) is 0 Å². The summed E-state index contributed by atoms with van der Waals surface area (Å²) in [7, 11) is 0. The van der Waals surface area contributed by atoms with E-state index >= 15 is 0 Å². The number of aromatic nitrogens is 4. The predicted octanol–water partition coefficient (Wildman–Crippen LogP) is 13.6. The van der Waals surface area contributed by atoms with Gasteiger partial charge in [-0.3, -0.25) is 0 Å². The number of benzene rings is 4. The number of halogens is 2. The van der Waals surface area contributed by atoms with Gasteiger partial charge in [-0.05, 0) is 66.9 Å². The molecule has 4 heterocycles. The van der Waals surface area contributed by atoms with Gasteiger partial charge in [-0.2, -0.15) is 0 Å². The molecule has 8 aromatic rings. The van der Waals surface area contributed by atoms with Crippen molar-refractivity contribution in [3.63, 3.8) is 0 Å². The van der Waals surface area contributed by atoms with Crippen LogP contribution in [-0.2, 0) is 13.2 Å². The number of fused-ring (bicyclic) bond motifs is 4. The third-order valence-corrected chi connectivity index (χ3v) is 8.57. The topological polar surface area (TPSA) is 147 Å². The Kier molecular flexibility index (Phi) is 13.0. The summed E-state index contributed by atoms with van der Waals surface area (Å²) in [6.45, 7) is 0. The van der Waals surface area contributed by atoms with Gasteiger partial charge in [-0.1, -0.05) is 72.8 Å². The van der Waals surface area contributed by atoms with E-state index in [9.17, 15) is 0 Å². The molecule has 0 fully saturated rings. The Labute approximate surface area is 284 Å². The summed E-state index contributed by atoms with van der Waals surface area (Å²) in [4.78, 5) is 16.0. The van der Waals surface area contributed by atoms with Gasteiger partial charge in [-0.25, -0.2) is 0 Å². The van der Waals surface area contributed by atoms with Crippen LogP contribution in [0.1, 0.15) is 0 Å². The fourth-order valence-electron chi connectivity index (χ4n) is 3.49.